The zero-order valence-corrected chi connectivity index (χ0v) is 24.8. The van der Waals surface area contributed by atoms with Gasteiger partial charge in [-0.05, 0) is 77.1 Å². The number of nitrogens with zero attached hydrogens (tertiary/aromatic N) is 1. The quantitative estimate of drug-likeness (QED) is 0.178. The van der Waals surface area contributed by atoms with Gasteiger partial charge in [0.25, 0.3) is 5.91 Å². The highest BCUT2D eigenvalue weighted by atomic mass is 35.5. The van der Waals surface area contributed by atoms with Crippen molar-refractivity contribution in [1.82, 2.24) is 10.2 Å². The van der Waals surface area contributed by atoms with E-state index in [2.05, 4.69) is 5.32 Å². The summed E-state index contributed by atoms with van der Waals surface area (Å²) >= 11 is 5.91. The monoisotopic (exact) mass is 654 g/mol. The molecule has 5 rings (SSSR count). The van der Waals surface area contributed by atoms with E-state index in [9.17, 15) is 42.2 Å². The Hall–Kier alpha value is -4.90. The molecule has 4 aromatic carbocycles. The van der Waals surface area contributed by atoms with Gasteiger partial charge in [-0.25, -0.2) is 9.18 Å². The first-order valence-corrected chi connectivity index (χ1v) is 14.6. The lowest BCUT2D eigenvalue weighted by Gasteiger charge is -2.27. The van der Waals surface area contributed by atoms with Gasteiger partial charge >= 0.3 is 12.1 Å². The molecule has 4 aromatic rings. The molecule has 2 amide bonds. The van der Waals surface area contributed by atoms with Crippen LogP contribution in [0.3, 0.4) is 0 Å². The molecule has 1 heterocycles. The van der Waals surface area contributed by atoms with Crippen LogP contribution in [0.4, 0.5) is 17.6 Å². The maximum absolute atomic E-state index is 13.7. The number of alkyl halides is 3. The van der Waals surface area contributed by atoms with Crippen molar-refractivity contribution in [3.8, 4) is 28.0 Å². The van der Waals surface area contributed by atoms with Crippen molar-refractivity contribution < 1.29 is 42.2 Å². The molecule has 1 aliphatic rings. The number of nitrogens with one attached hydrogen (secondary N) is 1. The third kappa shape index (κ3) is 7.15. The van der Waals surface area contributed by atoms with Gasteiger partial charge in [0.1, 0.15) is 23.7 Å². The fraction of sp³-hybridized carbons (Fsp3) is 0.206. The van der Waals surface area contributed by atoms with Crippen LogP contribution in [0.1, 0.15) is 34.3 Å². The van der Waals surface area contributed by atoms with Crippen LogP contribution in [0.2, 0.25) is 5.02 Å². The summed E-state index contributed by atoms with van der Waals surface area (Å²) in [5.74, 6) is -3.66. The third-order valence-corrected chi connectivity index (χ3v) is 8.13. The number of phenolic OH excluding ortho intramolecular Hbond substituents is 1. The van der Waals surface area contributed by atoms with Crippen LogP contribution in [0.5, 0.6) is 5.75 Å². The van der Waals surface area contributed by atoms with Crippen LogP contribution >= 0.6 is 11.6 Å². The van der Waals surface area contributed by atoms with E-state index in [1.165, 1.54) is 47.4 Å². The maximum Gasteiger partial charge on any atom is 0.416 e. The highest BCUT2D eigenvalue weighted by Gasteiger charge is 2.38. The number of phenols is 1. The van der Waals surface area contributed by atoms with E-state index in [1.54, 1.807) is 24.3 Å². The van der Waals surface area contributed by atoms with E-state index < -0.39 is 53.2 Å². The summed E-state index contributed by atoms with van der Waals surface area (Å²) in [6.45, 7) is 0.169. The molecule has 2 atom stereocenters. The molecule has 0 aliphatic carbocycles. The van der Waals surface area contributed by atoms with Crippen molar-refractivity contribution in [3.63, 3.8) is 0 Å². The van der Waals surface area contributed by atoms with Crippen LogP contribution in [0.25, 0.3) is 22.3 Å². The van der Waals surface area contributed by atoms with Crippen LogP contribution in [0, 0.1) is 5.82 Å². The number of carboxylic acid groups (broad SMARTS) is 1. The minimum Gasteiger partial charge on any atom is -0.507 e. The minimum atomic E-state index is -4.51. The Morgan fingerprint density at radius 2 is 1.57 bits per heavy atom. The zero-order valence-electron chi connectivity index (χ0n) is 24.0. The number of aliphatic carboxylic acids is 1. The molecule has 0 unspecified atom stereocenters. The normalized spacial score (nSPS) is 15.4. The Labute approximate surface area is 266 Å². The summed E-state index contributed by atoms with van der Waals surface area (Å²) in [7, 11) is 0. The molecule has 46 heavy (non-hydrogen) atoms. The third-order valence-electron chi connectivity index (χ3n) is 7.84. The molecular weight excluding hydrogens is 628 g/mol. The van der Waals surface area contributed by atoms with Gasteiger partial charge < -0.3 is 20.4 Å². The van der Waals surface area contributed by atoms with Gasteiger partial charge in [0.2, 0.25) is 5.91 Å². The van der Waals surface area contributed by atoms with Gasteiger partial charge in [-0.2, -0.15) is 13.2 Å². The van der Waals surface area contributed by atoms with Gasteiger partial charge in [-0.1, -0.05) is 60.1 Å². The van der Waals surface area contributed by atoms with Crippen LogP contribution in [-0.2, 0) is 22.2 Å². The fourth-order valence-corrected chi connectivity index (χ4v) is 5.62. The number of carbonyl (C=O) groups is 3. The van der Waals surface area contributed by atoms with E-state index in [-0.39, 0.29) is 30.0 Å². The van der Waals surface area contributed by atoms with E-state index >= 15 is 0 Å². The summed E-state index contributed by atoms with van der Waals surface area (Å²) < 4.78 is 53.4. The molecule has 12 heteroatoms. The highest BCUT2D eigenvalue weighted by molar-refractivity contribution is 6.31. The number of hydrogen-bond acceptors (Lipinski definition) is 4. The van der Waals surface area contributed by atoms with Crippen molar-refractivity contribution in [2.45, 2.75) is 37.5 Å². The second-order valence-electron chi connectivity index (χ2n) is 10.9. The number of halogens is 5. The molecule has 0 aromatic heterocycles. The minimum absolute atomic E-state index is 0.0791. The Bertz CT molecular complexity index is 1800. The van der Waals surface area contributed by atoms with Crippen molar-refractivity contribution >= 4 is 29.4 Å². The number of amides is 2. The second kappa shape index (κ2) is 13.2. The number of rotatable bonds is 8. The molecule has 0 bridgehead atoms. The van der Waals surface area contributed by atoms with Crippen molar-refractivity contribution in [2.24, 2.45) is 0 Å². The average Bonchev–Trinajstić information content (AvgIpc) is 3.53. The van der Waals surface area contributed by atoms with E-state index in [0.717, 1.165) is 18.2 Å². The Morgan fingerprint density at radius 3 is 2.24 bits per heavy atom. The number of hydrogen-bond donors (Lipinski definition) is 3. The van der Waals surface area contributed by atoms with E-state index in [1.807, 2.05) is 0 Å². The fourth-order valence-electron chi connectivity index (χ4n) is 5.44. The van der Waals surface area contributed by atoms with Crippen molar-refractivity contribution in [2.75, 3.05) is 6.54 Å². The predicted octanol–water partition coefficient (Wildman–Crippen LogP) is 6.95. The summed E-state index contributed by atoms with van der Waals surface area (Å²) in [5.41, 5.74) is 1.29. The number of carbonyl (C=O) groups excluding carboxylic acids is 2. The summed E-state index contributed by atoms with van der Waals surface area (Å²) in [4.78, 5) is 40.3. The van der Waals surface area contributed by atoms with Gasteiger partial charge in [0.05, 0.1) is 16.1 Å². The van der Waals surface area contributed by atoms with E-state index in [4.69, 9.17) is 11.6 Å². The first-order valence-electron chi connectivity index (χ1n) is 14.2. The van der Waals surface area contributed by atoms with Crippen LogP contribution in [-0.4, -0.2) is 51.5 Å². The lowest BCUT2D eigenvalue weighted by molar-refractivity contribution is -0.148. The number of benzene rings is 4. The lowest BCUT2D eigenvalue weighted by atomic mass is 9.98. The van der Waals surface area contributed by atoms with Crippen molar-refractivity contribution in [1.29, 1.82) is 0 Å². The maximum atomic E-state index is 13.7. The van der Waals surface area contributed by atoms with E-state index in [0.29, 0.717) is 34.2 Å². The number of carboxylic acids is 1. The summed E-state index contributed by atoms with van der Waals surface area (Å²) in [6.07, 6.45) is -3.88. The molecule has 0 radical (unpaired) electrons. The topological polar surface area (TPSA) is 107 Å². The van der Waals surface area contributed by atoms with Gasteiger partial charge in [0, 0.05) is 13.0 Å². The standard InChI is InChI=1S/C34H27ClF4N2O5/c35-26-18-23(10-12-27(26)36)22-11-13-30(42)25(17-22)31(43)40-28(32(44)41-14-2-5-29(41)33(45)46)15-19-6-8-20(9-7-19)21-3-1-4-24(16-21)34(37,38)39/h1,3-4,6-13,16-18,28-29,42H,2,5,14-15H2,(H,40,43)(H,45,46)/t28-,29+/m0/s1. The Balaban J connectivity index is 1.43. The Kier molecular flexibility index (Phi) is 9.34. The molecule has 0 spiro atoms. The predicted molar refractivity (Wildman–Crippen MR) is 163 cm³/mol. The first-order chi connectivity index (χ1) is 21.8. The largest absolute Gasteiger partial charge is 0.507 e. The molecule has 238 valence electrons. The Morgan fingerprint density at radius 1 is 0.913 bits per heavy atom. The molecule has 1 saturated heterocycles. The molecule has 0 saturated carbocycles. The summed E-state index contributed by atoms with van der Waals surface area (Å²) in [6, 6.07) is 17.0. The summed E-state index contributed by atoms with van der Waals surface area (Å²) in [5, 5.41) is 22.7. The number of likely N-dealkylation sites (tertiary alicyclic amines) is 1. The van der Waals surface area contributed by atoms with Crippen LogP contribution < -0.4 is 5.32 Å². The molecule has 1 fully saturated rings. The lowest BCUT2D eigenvalue weighted by Crippen LogP contribution is -2.52. The first kappa shape index (κ1) is 32.5. The zero-order chi connectivity index (χ0) is 33.2. The SMILES string of the molecule is O=C(N[C@@H](Cc1ccc(-c2cccc(C(F)(F)F)c2)cc1)C(=O)N1CCC[C@@H]1C(=O)O)c1cc(-c2ccc(F)c(Cl)c2)ccc1O. The second-order valence-corrected chi connectivity index (χ2v) is 11.3. The molecule has 1 aliphatic heterocycles. The van der Waals surface area contributed by atoms with Gasteiger partial charge in [-0.15, -0.1) is 0 Å². The number of aromatic hydroxyl groups is 1. The van der Waals surface area contributed by atoms with Crippen molar-refractivity contribution in [3.05, 3.63) is 112 Å². The molecular formula is C34H27ClF4N2O5. The van der Waals surface area contributed by atoms with Gasteiger partial charge in [0.15, 0.2) is 0 Å². The average molecular weight is 655 g/mol. The van der Waals surface area contributed by atoms with Gasteiger partial charge in [-0.3, -0.25) is 9.59 Å². The van der Waals surface area contributed by atoms with Crippen LogP contribution in [0.15, 0.2) is 84.9 Å². The molecule has 7 nitrogen and oxygen atoms in total. The smallest absolute Gasteiger partial charge is 0.416 e. The highest BCUT2D eigenvalue weighted by Crippen LogP contribution is 2.33. The molecule has 3 N–H and O–H groups in total.